The van der Waals surface area contributed by atoms with E-state index in [1.165, 1.54) is 129 Å². The Morgan fingerprint density at radius 2 is 0.986 bits per heavy atom. The zero-order valence-corrected chi connectivity index (χ0v) is 42.8. The molecule has 1 aliphatic carbocycles. The third-order valence-electron chi connectivity index (χ3n) is 13.9. The van der Waals surface area contributed by atoms with Crippen LogP contribution < -0.4 is 9.80 Å². The Balaban J connectivity index is 0.00000110. The van der Waals surface area contributed by atoms with Gasteiger partial charge in [-0.25, -0.2) is 0 Å². The van der Waals surface area contributed by atoms with Crippen LogP contribution in [0, 0.1) is 13.8 Å². The van der Waals surface area contributed by atoms with E-state index in [1.54, 1.807) is 0 Å². The summed E-state index contributed by atoms with van der Waals surface area (Å²) in [6.45, 7) is 26.3. The highest BCUT2D eigenvalue weighted by Gasteiger charge is 2.36. The van der Waals surface area contributed by atoms with E-state index in [2.05, 4.69) is 248 Å². The van der Waals surface area contributed by atoms with Gasteiger partial charge in [0.2, 0.25) is 0 Å². The third-order valence-corrected chi connectivity index (χ3v) is 13.9. The van der Waals surface area contributed by atoms with Crippen LogP contribution in [0.25, 0.3) is 34.4 Å². The normalized spacial score (nSPS) is 12.6. The quantitative estimate of drug-likeness (QED) is 0.0481. The summed E-state index contributed by atoms with van der Waals surface area (Å²) in [4.78, 5) is 4.76. The largest absolute Gasteiger partial charge is 0.310 e. The van der Waals surface area contributed by atoms with E-state index in [0.717, 1.165) is 23.4 Å². The molecule has 0 atom stereocenters. The molecule has 0 saturated heterocycles. The molecule has 69 heavy (non-hydrogen) atoms. The summed E-state index contributed by atoms with van der Waals surface area (Å²) in [6.07, 6.45) is 18.5. The number of anilines is 5. The van der Waals surface area contributed by atoms with E-state index in [9.17, 15) is 0 Å². The number of unbranched alkanes of at least 4 members (excludes halogenated alkanes) is 5. The smallest absolute Gasteiger partial charge is 0.0493 e. The van der Waals surface area contributed by atoms with Crippen LogP contribution in [-0.4, -0.2) is 0 Å². The summed E-state index contributed by atoms with van der Waals surface area (Å²) >= 11 is 0. The monoisotopic (exact) mass is 907 g/mol. The highest BCUT2D eigenvalue weighted by Crippen LogP contribution is 2.51. The lowest BCUT2D eigenvalue weighted by atomic mass is 9.81. The van der Waals surface area contributed by atoms with E-state index >= 15 is 0 Å². The first kappa shape index (κ1) is 50.0. The molecule has 0 N–H and O–H groups in total. The molecule has 7 aromatic rings. The van der Waals surface area contributed by atoms with Gasteiger partial charge >= 0.3 is 0 Å². The van der Waals surface area contributed by atoms with Gasteiger partial charge in [0.05, 0.1) is 0 Å². The van der Waals surface area contributed by atoms with Crippen LogP contribution in [0.1, 0.15) is 125 Å². The van der Waals surface area contributed by atoms with Crippen molar-refractivity contribution in [2.24, 2.45) is 0 Å². The van der Waals surface area contributed by atoms with E-state index < -0.39 is 0 Å². The number of benzene rings is 7. The Kier molecular flexibility index (Phi) is 17.0. The van der Waals surface area contributed by atoms with E-state index in [1.807, 2.05) is 12.2 Å². The lowest BCUT2D eigenvalue weighted by Crippen LogP contribution is -2.18. The summed E-state index contributed by atoms with van der Waals surface area (Å²) in [7, 11) is 0. The lowest BCUT2D eigenvalue weighted by Gasteiger charge is -2.30. The molecule has 2 heteroatoms. The van der Waals surface area contributed by atoms with Gasteiger partial charge in [-0.3, -0.25) is 0 Å². The minimum atomic E-state index is -0.159. The maximum absolute atomic E-state index is 4.22. The molecule has 0 saturated carbocycles. The molecule has 0 aliphatic heterocycles. The van der Waals surface area contributed by atoms with Crippen molar-refractivity contribution in [3.8, 4) is 22.3 Å². The molecule has 0 amide bonds. The summed E-state index contributed by atoms with van der Waals surface area (Å²) < 4.78 is 0. The number of nitrogens with zero attached hydrogens (tertiary/aromatic N) is 2. The van der Waals surface area contributed by atoms with Gasteiger partial charge in [-0.2, -0.15) is 0 Å². The Morgan fingerprint density at radius 3 is 1.55 bits per heavy atom. The molecule has 0 spiro atoms. The maximum Gasteiger partial charge on any atom is 0.0493 e. The predicted octanol–water partition coefficient (Wildman–Crippen LogP) is 20.0. The van der Waals surface area contributed by atoms with Crippen LogP contribution in [0.4, 0.5) is 28.4 Å². The standard InChI is InChI=1S/C61H60N2.C6H14/c1-9-12-13-22-50-23-16-19-26-60(50)62(57(11-3)43(4)10-2)51-36-34-49(35-37-51)48-32-29-46(30-33-48)27-28-47-31-39-53-54-40-38-52(42-56(54)61(7,8)55(53)41-47)63(58-24-17-14-20-44(58)5)59-25-18-15-21-45(59)6;1-3-5-6-4-2/h10-11,14-21,23-42H,2-3,9,12-13,22H2,1,4-8H3;3-6H2,1-2H3/b28-27+,57-43+;. The average Bonchev–Trinajstić information content (AvgIpc) is 3.60. The fourth-order valence-electron chi connectivity index (χ4n) is 9.75. The van der Waals surface area contributed by atoms with E-state index in [0.29, 0.717) is 0 Å². The summed E-state index contributed by atoms with van der Waals surface area (Å²) in [5.74, 6) is 0. The Morgan fingerprint density at radius 1 is 0.507 bits per heavy atom. The van der Waals surface area contributed by atoms with Crippen molar-refractivity contribution in [3.63, 3.8) is 0 Å². The number of para-hydroxylation sites is 3. The van der Waals surface area contributed by atoms with Crippen molar-refractivity contribution in [2.75, 3.05) is 9.80 Å². The van der Waals surface area contributed by atoms with Gasteiger partial charge < -0.3 is 9.80 Å². The highest BCUT2D eigenvalue weighted by molar-refractivity contribution is 5.88. The SMILES string of the molecule is C=C/C(C)=C(\C=C)N(c1ccc(-c2ccc(/C=C/c3ccc4c(c3)C(C)(C)c3cc(N(c5ccccc5C)c5ccccc5C)ccc3-4)cc2)cc1)c1ccccc1CCCCC.CCCCCC. The summed E-state index contributed by atoms with van der Waals surface area (Å²) in [6, 6.07) is 57.9. The van der Waals surface area contributed by atoms with E-state index in [-0.39, 0.29) is 5.41 Å². The minimum Gasteiger partial charge on any atom is -0.310 e. The summed E-state index contributed by atoms with van der Waals surface area (Å²) in [5.41, 5.74) is 21.8. The third kappa shape index (κ3) is 11.4. The molecule has 1 aliphatic rings. The van der Waals surface area contributed by atoms with Crippen molar-refractivity contribution in [3.05, 3.63) is 233 Å². The zero-order valence-electron chi connectivity index (χ0n) is 42.8. The van der Waals surface area contributed by atoms with Crippen molar-refractivity contribution in [1.29, 1.82) is 0 Å². The zero-order chi connectivity index (χ0) is 48.9. The molecule has 2 nitrogen and oxygen atoms in total. The fraction of sp³-hybridized carbons (Fsp3) is 0.254. The second kappa shape index (κ2) is 23.4. The van der Waals surface area contributed by atoms with Gasteiger partial charge in [-0.15, -0.1) is 0 Å². The molecule has 0 unspecified atom stereocenters. The molecule has 0 heterocycles. The molecule has 352 valence electrons. The van der Waals surface area contributed by atoms with Crippen LogP contribution in [0.5, 0.6) is 0 Å². The number of hydrogen-bond acceptors (Lipinski definition) is 2. The number of hydrogen-bond donors (Lipinski definition) is 0. The highest BCUT2D eigenvalue weighted by atomic mass is 15.2. The van der Waals surface area contributed by atoms with Crippen molar-refractivity contribution in [2.45, 2.75) is 112 Å². The Hall–Kier alpha value is -6.90. The van der Waals surface area contributed by atoms with Crippen molar-refractivity contribution < 1.29 is 0 Å². The second-order valence-corrected chi connectivity index (χ2v) is 19.2. The van der Waals surface area contributed by atoms with Crippen LogP contribution in [-0.2, 0) is 11.8 Å². The first-order valence-electron chi connectivity index (χ1n) is 25.5. The van der Waals surface area contributed by atoms with Gasteiger partial charge in [-0.1, -0.05) is 220 Å². The Bertz CT molecular complexity index is 2850. The first-order valence-corrected chi connectivity index (χ1v) is 25.5. The van der Waals surface area contributed by atoms with E-state index in [4.69, 9.17) is 0 Å². The van der Waals surface area contributed by atoms with Crippen molar-refractivity contribution >= 4 is 40.6 Å². The van der Waals surface area contributed by atoms with Crippen LogP contribution in [0.2, 0.25) is 0 Å². The van der Waals surface area contributed by atoms with Gasteiger partial charge in [0.15, 0.2) is 0 Å². The number of rotatable bonds is 18. The molecule has 8 rings (SSSR count). The minimum absolute atomic E-state index is 0.159. The van der Waals surface area contributed by atoms with Crippen LogP contribution in [0.15, 0.2) is 194 Å². The van der Waals surface area contributed by atoms with Gasteiger partial charge in [-0.05, 0) is 149 Å². The number of allylic oxidation sites excluding steroid dienone is 3. The molecule has 0 radical (unpaired) electrons. The lowest BCUT2D eigenvalue weighted by molar-refractivity contribution is 0.660. The van der Waals surface area contributed by atoms with Crippen LogP contribution in [0.3, 0.4) is 0 Å². The summed E-state index contributed by atoms with van der Waals surface area (Å²) in [5, 5.41) is 0. The molecule has 0 aromatic heterocycles. The van der Waals surface area contributed by atoms with Crippen LogP contribution >= 0.6 is 0 Å². The molecule has 7 aromatic carbocycles. The predicted molar refractivity (Wildman–Crippen MR) is 304 cm³/mol. The first-order chi connectivity index (χ1) is 33.5. The fourth-order valence-corrected chi connectivity index (χ4v) is 9.75. The second-order valence-electron chi connectivity index (χ2n) is 19.2. The molecule has 0 bridgehead atoms. The van der Waals surface area contributed by atoms with Gasteiger partial charge in [0.25, 0.3) is 0 Å². The topological polar surface area (TPSA) is 6.48 Å². The Labute approximate surface area is 416 Å². The number of fused-ring (bicyclic) bond motifs is 3. The van der Waals surface area contributed by atoms with Gasteiger partial charge in [0.1, 0.15) is 0 Å². The molecule has 0 fully saturated rings. The number of aryl methyl sites for hydroxylation is 3. The van der Waals surface area contributed by atoms with Crippen molar-refractivity contribution in [1.82, 2.24) is 0 Å². The maximum atomic E-state index is 4.22. The average molecular weight is 907 g/mol. The molecular weight excluding hydrogens is 833 g/mol. The molecular formula is C67H74N2. The van der Waals surface area contributed by atoms with Gasteiger partial charge in [0, 0.05) is 39.5 Å².